The van der Waals surface area contributed by atoms with Gasteiger partial charge in [-0.25, -0.2) is 4.39 Å². The van der Waals surface area contributed by atoms with Gasteiger partial charge < -0.3 is 19.5 Å². The number of carbonyl (C=O) groups excluding carboxylic acids is 2. The number of rotatable bonds is 11. The minimum Gasteiger partial charge on any atom is -0.383 e. The molecule has 6 nitrogen and oxygen atoms in total. The molecule has 0 fully saturated rings. The first-order valence-electron chi connectivity index (χ1n) is 12.7. The van der Waals surface area contributed by atoms with Gasteiger partial charge in [-0.05, 0) is 60.0 Å². The number of ether oxygens (including phenoxy) is 1. The third-order valence-electron chi connectivity index (χ3n) is 6.60. The number of hydrogen-bond donors (Lipinski definition) is 1. The smallest absolute Gasteiger partial charge is 0.383 e. The van der Waals surface area contributed by atoms with Gasteiger partial charge in [0.1, 0.15) is 12.4 Å². The molecule has 2 amide bonds. The SMILES string of the molecule is COCCN(CC(=O)N(CCc1c[nH]c2ccccc12)Cc1ccc(C(F)(F)F)cc1)C(=O)c1ccc(F)cc1. The number of halogens is 4. The molecule has 0 bridgehead atoms. The third kappa shape index (κ3) is 7.26. The highest BCUT2D eigenvalue weighted by molar-refractivity contribution is 5.96. The van der Waals surface area contributed by atoms with Crippen LogP contribution in [0.1, 0.15) is 27.0 Å². The normalized spacial score (nSPS) is 11.5. The van der Waals surface area contributed by atoms with Crippen LogP contribution in [0.15, 0.2) is 79.0 Å². The molecular weight excluding hydrogens is 526 g/mol. The maximum atomic E-state index is 13.6. The molecule has 4 rings (SSSR count). The lowest BCUT2D eigenvalue weighted by atomic mass is 10.1. The molecular formula is C30H29F4N3O3. The highest BCUT2D eigenvalue weighted by Gasteiger charge is 2.30. The van der Waals surface area contributed by atoms with Gasteiger partial charge in [0.05, 0.1) is 12.2 Å². The molecule has 0 unspecified atom stereocenters. The number of methoxy groups -OCH3 is 1. The maximum absolute atomic E-state index is 13.6. The van der Waals surface area contributed by atoms with E-state index in [1.807, 2.05) is 30.5 Å². The molecule has 210 valence electrons. The number of hydrogen-bond acceptors (Lipinski definition) is 3. The van der Waals surface area contributed by atoms with Crippen LogP contribution < -0.4 is 0 Å². The maximum Gasteiger partial charge on any atom is 0.416 e. The zero-order valence-corrected chi connectivity index (χ0v) is 21.9. The zero-order valence-electron chi connectivity index (χ0n) is 21.9. The minimum atomic E-state index is -4.47. The Kier molecular flexibility index (Phi) is 9.21. The Bertz CT molecular complexity index is 1430. The number of nitrogens with one attached hydrogen (secondary N) is 1. The summed E-state index contributed by atoms with van der Waals surface area (Å²) in [4.78, 5) is 32.8. The van der Waals surface area contributed by atoms with E-state index in [0.29, 0.717) is 12.0 Å². The molecule has 4 aromatic rings. The number of para-hydroxylation sites is 1. The molecule has 0 atom stereocenters. The van der Waals surface area contributed by atoms with Crippen molar-refractivity contribution >= 4 is 22.7 Å². The van der Waals surface area contributed by atoms with E-state index in [4.69, 9.17) is 4.74 Å². The summed E-state index contributed by atoms with van der Waals surface area (Å²) < 4.78 is 57.7. The number of carbonyl (C=O) groups is 2. The summed E-state index contributed by atoms with van der Waals surface area (Å²) in [6.45, 7) is 0.338. The Morgan fingerprint density at radius 3 is 2.27 bits per heavy atom. The van der Waals surface area contributed by atoms with E-state index in [1.54, 1.807) is 0 Å². The molecule has 3 aromatic carbocycles. The van der Waals surface area contributed by atoms with Crippen molar-refractivity contribution in [3.63, 3.8) is 0 Å². The second kappa shape index (κ2) is 12.8. The molecule has 40 heavy (non-hydrogen) atoms. The Balaban J connectivity index is 1.56. The lowest BCUT2D eigenvalue weighted by Crippen LogP contribution is -2.44. The van der Waals surface area contributed by atoms with Gasteiger partial charge in [0.25, 0.3) is 5.91 Å². The first kappa shape index (κ1) is 28.8. The Morgan fingerprint density at radius 1 is 0.900 bits per heavy atom. The molecule has 1 heterocycles. The molecule has 1 N–H and O–H groups in total. The van der Waals surface area contributed by atoms with E-state index < -0.39 is 23.5 Å². The Morgan fingerprint density at radius 2 is 1.60 bits per heavy atom. The first-order chi connectivity index (χ1) is 19.2. The topological polar surface area (TPSA) is 65.6 Å². The summed E-state index contributed by atoms with van der Waals surface area (Å²) in [5, 5.41) is 1.01. The standard InChI is InChI=1S/C30H29F4N3O3/c1-40-17-16-37(29(39)22-8-12-25(31)13-9-22)20-28(38)36(19-21-6-10-24(11-7-21)30(32,33)34)15-14-23-18-35-27-5-3-2-4-26(23)27/h2-13,18,35H,14-17,19-20H2,1H3. The van der Waals surface area contributed by atoms with Crippen molar-refractivity contribution in [3.8, 4) is 0 Å². The summed E-state index contributed by atoms with van der Waals surface area (Å²) in [6, 6.07) is 17.4. The number of aromatic amines is 1. The van der Waals surface area contributed by atoms with Crippen LogP contribution in [0.25, 0.3) is 10.9 Å². The van der Waals surface area contributed by atoms with E-state index in [1.165, 1.54) is 53.3 Å². The van der Waals surface area contributed by atoms with Crippen LogP contribution in [0.3, 0.4) is 0 Å². The fourth-order valence-corrected chi connectivity index (χ4v) is 4.40. The second-order valence-corrected chi connectivity index (χ2v) is 9.35. The van der Waals surface area contributed by atoms with Crippen LogP contribution in [0, 0.1) is 5.82 Å². The lowest BCUT2D eigenvalue weighted by molar-refractivity contribution is -0.137. The number of fused-ring (bicyclic) bond motifs is 1. The predicted molar refractivity (Wildman–Crippen MR) is 143 cm³/mol. The van der Waals surface area contributed by atoms with Gasteiger partial charge >= 0.3 is 6.18 Å². The number of benzene rings is 3. The number of amides is 2. The van der Waals surface area contributed by atoms with Gasteiger partial charge in [-0.15, -0.1) is 0 Å². The van der Waals surface area contributed by atoms with Crippen LogP contribution in [0.4, 0.5) is 17.6 Å². The summed E-state index contributed by atoms with van der Waals surface area (Å²) in [7, 11) is 1.47. The largest absolute Gasteiger partial charge is 0.416 e. The second-order valence-electron chi connectivity index (χ2n) is 9.35. The van der Waals surface area contributed by atoms with Gasteiger partial charge in [0.2, 0.25) is 5.91 Å². The van der Waals surface area contributed by atoms with E-state index in [2.05, 4.69) is 4.98 Å². The average Bonchev–Trinajstić information content (AvgIpc) is 3.36. The van der Waals surface area contributed by atoms with E-state index >= 15 is 0 Å². The number of alkyl halides is 3. The van der Waals surface area contributed by atoms with Crippen molar-refractivity contribution < 1.29 is 31.9 Å². The van der Waals surface area contributed by atoms with Crippen LogP contribution >= 0.6 is 0 Å². The van der Waals surface area contributed by atoms with Gasteiger partial charge in [-0.1, -0.05) is 30.3 Å². The fourth-order valence-electron chi connectivity index (χ4n) is 4.40. The molecule has 10 heteroatoms. The summed E-state index contributed by atoms with van der Waals surface area (Å²) in [5.41, 5.74) is 1.91. The summed E-state index contributed by atoms with van der Waals surface area (Å²) >= 11 is 0. The molecule has 0 spiro atoms. The molecule has 1 aromatic heterocycles. The molecule has 0 saturated heterocycles. The number of nitrogens with zero attached hydrogens (tertiary/aromatic N) is 2. The van der Waals surface area contributed by atoms with Crippen molar-refractivity contribution in [2.45, 2.75) is 19.1 Å². The van der Waals surface area contributed by atoms with Gasteiger partial charge in [-0.3, -0.25) is 9.59 Å². The summed E-state index contributed by atoms with van der Waals surface area (Å²) in [6.07, 6.45) is -2.11. The highest BCUT2D eigenvalue weighted by atomic mass is 19.4. The molecule has 0 aliphatic rings. The molecule has 0 aliphatic heterocycles. The number of H-pyrrole nitrogens is 1. The Hall–Kier alpha value is -4.18. The number of aromatic nitrogens is 1. The van der Waals surface area contributed by atoms with E-state index in [0.717, 1.165) is 28.6 Å². The van der Waals surface area contributed by atoms with E-state index in [-0.39, 0.29) is 44.3 Å². The van der Waals surface area contributed by atoms with Gasteiger partial charge in [0.15, 0.2) is 0 Å². The quantitative estimate of drug-likeness (QED) is 0.242. The van der Waals surface area contributed by atoms with Gasteiger partial charge in [0, 0.05) is 49.4 Å². The van der Waals surface area contributed by atoms with Crippen LogP contribution in [-0.2, 0) is 28.7 Å². The monoisotopic (exact) mass is 555 g/mol. The van der Waals surface area contributed by atoms with Crippen LogP contribution in [-0.4, -0.2) is 59.9 Å². The van der Waals surface area contributed by atoms with E-state index in [9.17, 15) is 27.2 Å². The van der Waals surface area contributed by atoms with Crippen molar-refractivity contribution in [1.29, 1.82) is 0 Å². The highest BCUT2D eigenvalue weighted by Crippen LogP contribution is 2.29. The first-order valence-corrected chi connectivity index (χ1v) is 12.7. The minimum absolute atomic E-state index is 0.0577. The average molecular weight is 556 g/mol. The molecule has 0 radical (unpaired) electrons. The zero-order chi connectivity index (χ0) is 28.7. The molecule has 0 aliphatic carbocycles. The lowest BCUT2D eigenvalue weighted by Gasteiger charge is -2.28. The van der Waals surface area contributed by atoms with Crippen LogP contribution in [0.2, 0.25) is 0 Å². The van der Waals surface area contributed by atoms with Crippen LogP contribution in [0.5, 0.6) is 0 Å². The summed E-state index contributed by atoms with van der Waals surface area (Å²) in [5.74, 6) is -1.33. The van der Waals surface area contributed by atoms with Crippen molar-refractivity contribution in [3.05, 3.63) is 107 Å². The van der Waals surface area contributed by atoms with Crippen molar-refractivity contribution in [2.24, 2.45) is 0 Å². The Labute approximate surface area is 229 Å². The predicted octanol–water partition coefficient (Wildman–Crippen LogP) is 5.69. The van der Waals surface area contributed by atoms with Crippen molar-refractivity contribution in [1.82, 2.24) is 14.8 Å². The molecule has 0 saturated carbocycles. The van der Waals surface area contributed by atoms with Crippen molar-refractivity contribution in [2.75, 3.05) is 33.4 Å². The fraction of sp³-hybridized carbons (Fsp3) is 0.267. The third-order valence-corrected chi connectivity index (χ3v) is 6.60. The van der Waals surface area contributed by atoms with Gasteiger partial charge in [-0.2, -0.15) is 13.2 Å².